The van der Waals surface area contributed by atoms with Gasteiger partial charge in [0.25, 0.3) is 0 Å². The van der Waals surface area contributed by atoms with Crippen molar-refractivity contribution in [3.8, 4) is 0 Å². The zero-order chi connectivity index (χ0) is 13.5. The molecular weight excluding hydrogens is 230 g/mol. The van der Waals surface area contributed by atoms with E-state index in [-0.39, 0.29) is 17.9 Å². The van der Waals surface area contributed by atoms with Gasteiger partial charge >= 0.3 is 5.97 Å². The highest BCUT2D eigenvalue weighted by Crippen LogP contribution is 2.25. The van der Waals surface area contributed by atoms with E-state index in [0.29, 0.717) is 19.4 Å². The van der Waals surface area contributed by atoms with Crippen LogP contribution in [0.4, 0.5) is 0 Å². The minimum Gasteiger partial charge on any atom is -0.481 e. The maximum absolute atomic E-state index is 12.0. The highest BCUT2D eigenvalue weighted by atomic mass is 16.4. The fourth-order valence-corrected chi connectivity index (χ4v) is 2.65. The first-order valence-electron chi connectivity index (χ1n) is 7.10. The molecule has 2 unspecified atom stereocenters. The summed E-state index contributed by atoms with van der Waals surface area (Å²) in [5.41, 5.74) is 0. The predicted molar refractivity (Wildman–Crippen MR) is 70.3 cm³/mol. The van der Waals surface area contributed by atoms with Crippen molar-refractivity contribution in [1.82, 2.24) is 4.90 Å². The summed E-state index contributed by atoms with van der Waals surface area (Å²) in [6, 6.07) is -0.148. The third-order valence-corrected chi connectivity index (χ3v) is 3.89. The zero-order valence-electron chi connectivity index (χ0n) is 11.5. The average molecular weight is 255 g/mol. The Hall–Kier alpha value is -1.06. The number of carbonyl (C=O) groups is 2. The molecule has 1 N–H and O–H groups in total. The highest BCUT2D eigenvalue weighted by Gasteiger charge is 2.37. The Bertz CT molecular complexity index is 291. The molecule has 1 rings (SSSR count). The van der Waals surface area contributed by atoms with Crippen molar-refractivity contribution in [2.45, 2.75) is 64.8 Å². The maximum atomic E-state index is 12.0. The summed E-state index contributed by atoms with van der Waals surface area (Å²) in [5.74, 6) is -1.03. The number of carbonyl (C=O) groups excluding carboxylic acids is 1. The van der Waals surface area contributed by atoms with E-state index in [1.165, 1.54) is 19.3 Å². The molecule has 1 fully saturated rings. The standard InChI is InChI=1S/C14H25NO3/c1-3-4-5-6-7-8-13(16)15-10-9-12(11(15)2)14(17)18/h11-12H,3-10H2,1-2H3,(H,17,18). The molecule has 0 aromatic rings. The highest BCUT2D eigenvalue weighted by molar-refractivity contribution is 5.79. The quantitative estimate of drug-likeness (QED) is 0.711. The molecule has 0 aromatic heterocycles. The van der Waals surface area contributed by atoms with Crippen LogP contribution in [0.3, 0.4) is 0 Å². The van der Waals surface area contributed by atoms with Gasteiger partial charge in [0.1, 0.15) is 0 Å². The molecular formula is C14H25NO3. The smallest absolute Gasteiger partial charge is 0.308 e. The van der Waals surface area contributed by atoms with Gasteiger partial charge in [-0.1, -0.05) is 32.6 Å². The molecule has 1 aliphatic rings. The number of aliphatic carboxylic acids is 1. The number of carboxylic acids is 1. The first kappa shape index (κ1) is 15.0. The largest absolute Gasteiger partial charge is 0.481 e. The monoisotopic (exact) mass is 255 g/mol. The van der Waals surface area contributed by atoms with Crippen LogP contribution in [0, 0.1) is 5.92 Å². The van der Waals surface area contributed by atoms with E-state index < -0.39 is 5.97 Å². The Kier molecular flexibility index (Phi) is 6.16. The predicted octanol–water partition coefficient (Wildman–Crippen LogP) is 2.67. The fraction of sp³-hybridized carbons (Fsp3) is 0.857. The van der Waals surface area contributed by atoms with Crippen molar-refractivity contribution in [1.29, 1.82) is 0 Å². The van der Waals surface area contributed by atoms with Gasteiger partial charge in [-0.25, -0.2) is 0 Å². The van der Waals surface area contributed by atoms with Crippen LogP contribution in [0.2, 0.25) is 0 Å². The minimum atomic E-state index is -0.777. The molecule has 4 heteroatoms. The molecule has 1 saturated heterocycles. The van der Waals surface area contributed by atoms with Gasteiger partial charge in [-0.05, 0) is 19.8 Å². The molecule has 1 aliphatic heterocycles. The Morgan fingerprint density at radius 3 is 2.44 bits per heavy atom. The summed E-state index contributed by atoms with van der Waals surface area (Å²) >= 11 is 0. The number of likely N-dealkylation sites (tertiary alicyclic amines) is 1. The first-order valence-corrected chi connectivity index (χ1v) is 7.10. The topological polar surface area (TPSA) is 57.6 Å². The number of carboxylic acid groups (broad SMARTS) is 1. The van der Waals surface area contributed by atoms with E-state index in [9.17, 15) is 9.59 Å². The van der Waals surface area contributed by atoms with Gasteiger partial charge in [0, 0.05) is 19.0 Å². The second kappa shape index (κ2) is 7.39. The summed E-state index contributed by atoms with van der Waals surface area (Å²) in [6.07, 6.45) is 6.83. The zero-order valence-corrected chi connectivity index (χ0v) is 11.5. The third kappa shape index (κ3) is 4.00. The molecule has 2 atom stereocenters. The second-order valence-corrected chi connectivity index (χ2v) is 5.23. The van der Waals surface area contributed by atoms with Crippen LogP contribution in [-0.4, -0.2) is 34.5 Å². The lowest BCUT2D eigenvalue weighted by Crippen LogP contribution is -2.37. The number of amides is 1. The van der Waals surface area contributed by atoms with E-state index >= 15 is 0 Å². The summed E-state index contributed by atoms with van der Waals surface area (Å²) in [5, 5.41) is 9.02. The van der Waals surface area contributed by atoms with Crippen LogP contribution >= 0.6 is 0 Å². The molecule has 104 valence electrons. The maximum Gasteiger partial charge on any atom is 0.308 e. The molecule has 0 bridgehead atoms. The lowest BCUT2D eigenvalue weighted by atomic mass is 10.0. The van der Waals surface area contributed by atoms with Crippen molar-refractivity contribution in [2.24, 2.45) is 5.92 Å². The Morgan fingerprint density at radius 2 is 1.89 bits per heavy atom. The van der Waals surface area contributed by atoms with Gasteiger partial charge < -0.3 is 10.0 Å². The minimum absolute atomic E-state index is 0.128. The number of unbranched alkanes of at least 4 members (excludes halogenated alkanes) is 4. The van der Waals surface area contributed by atoms with Crippen molar-refractivity contribution < 1.29 is 14.7 Å². The number of hydrogen-bond acceptors (Lipinski definition) is 2. The molecule has 0 spiro atoms. The van der Waals surface area contributed by atoms with Crippen LogP contribution in [0.25, 0.3) is 0 Å². The number of rotatable bonds is 7. The summed E-state index contributed by atoms with van der Waals surface area (Å²) in [4.78, 5) is 24.7. The second-order valence-electron chi connectivity index (χ2n) is 5.23. The summed E-state index contributed by atoms with van der Waals surface area (Å²) in [7, 11) is 0. The van der Waals surface area contributed by atoms with Gasteiger partial charge in [-0.15, -0.1) is 0 Å². The van der Waals surface area contributed by atoms with E-state index in [1.807, 2.05) is 6.92 Å². The molecule has 1 amide bonds. The Balaban J connectivity index is 2.28. The van der Waals surface area contributed by atoms with Gasteiger partial charge in [-0.2, -0.15) is 0 Å². The lowest BCUT2D eigenvalue weighted by molar-refractivity contribution is -0.143. The number of hydrogen-bond donors (Lipinski definition) is 1. The van der Waals surface area contributed by atoms with E-state index in [1.54, 1.807) is 4.90 Å². The van der Waals surface area contributed by atoms with E-state index in [4.69, 9.17) is 5.11 Å². The van der Waals surface area contributed by atoms with Crippen molar-refractivity contribution in [2.75, 3.05) is 6.54 Å². The fourth-order valence-electron chi connectivity index (χ4n) is 2.65. The first-order chi connectivity index (χ1) is 8.57. The molecule has 0 radical (unpaired) electrons. The SMILES string of the molecule is CCCCCCCC(=O)N1CCC(C(=O)O)C1C. The van der Waals surface area contributed by atoms with Crippen LogP contribution in [0.15, 0.2) is 0 Å². The molecule has 4 nitrogen and oxygen atoms in total. The van der Waals surface area contributed by atoms with Crippen molar-refractivity contribution in [3.05, 3.63) is 0 Å². The summed E-state index contributed by atoms with van der Waals surface area (Å²) in [6.45, 7) is 4.62. The van der Waals surface area contributed by atoms with Crippen LogP contribution in [-0.2, 0) is 9.59 Å². The average Bonchev–Trinajstić information content (AvgIpc) is 2.70. The lowest BCUT2D eigenvalue weighted by Gasteiger charge is -2.23. The molecule has 0 saturated carbocycles. The molecule has 18 heavy (non-hydrogen) atoms. The number of nitrogens with zero attached hydrogens (tertiary/aromatic N) is 1. The van der Waals surface area contributed by atoms with Crippen molar-refractivity contribution in [3.63, 3.8) is 0 Å². The Morgan fingerprint density at radius 1 is 1.22 bits per heavy atom. The van der Waals surface area contributed by atoms with E-state index in [0.717, 1.165) is 12.8 Å². The van der Waals surface area contributed by atoms with Gasteiger partial charge in [0.15, 0.2) is 0 Å². The molecule has 0 aliphatic carbocycles. The molecule has 0 aromatic carbocycles. The van der Waals surface area contributed by atoms with Crippen LogP contribution in [0.5, 0.6) is 0 Å². The van der Waals surface area contributed by atoms with Gasteiger partial charge in [0.05, 0.1) is 5.92 Å². The van der Waals surface area contributed by atoms with Gasteiger partial charge in [0.2, 0.25) is 5.91 Å². The van der Waals surface area contributed by atoms with Crippen molar-refractivity contribution >= 4 is 11.9 Å². The summed E-state index contributed by atoms with van der Waals surface area (Å²) < 4.78 is 0. The third-order valence-electron chi connectivity index (χ3n) is 3.89. The van der Waals surface area contributed by atoms with Gasteiger partial charge in [-0.3, -0.25) is 9.59 Å². The Labute approximate surface area is 109 Å². The normalized spacial score (nSPS) is 23.3. The van der Waals surface area contributed by atoms with Crippen LogP contribution < -0.4 is 0 Å². The van der Waals surface area contributed by atoms with E-state index in [2.05, 4.69) is 6.92 Å². The van der Waals surface area contributed by atoms with Crippen LogP contribution in [0.1, 0.15) is 58.8 Å². The molecule has 1 heterocycles.